The maximum Gasteiger partial charge on any atom is 0.387 e. The van der Waals surface area contributed by atoms with Crippen molar-refractivity contribution in [3.05, 3.63) is 47.5 Å². The van der Waals surface area contributed by atoms with Crippen LogP contribution in [0, 0.1) is 0 Å². The van der Waals surface area contributed by atoms with E-state index in [2.05, 4.69) is 30.4 Å². The quantitative estimate of drug-likeness (QED) is 0.433. The summed E-state index contributed by atoms with van der Waals surface area (Å²) < 4.78 is 32.0. The van der Waals surface area contributed by atoms with Gasteiger partial charge in [-0.1, -0.05) is 23.7 Å². The van der Waals surface area contributed by atoms with Crippen molar-refractivity contribution in [1.82, 2.24) is 24.9 Å². The summed E-state index contributed by atoms with van der Waals surface area (Å²) in [6, 6.07) is 11.5. The van der Waals surface area contributed by atoms with Gasteiger partial charge in [-0.2, -0.15) is 13.3 Å². The van der Waals surface area contributed by atoms with Gasteiger partial charge in [-0.3, -0.25) is 5.32 Å². The largest absolute Gasteiger partial charge is 0.434 e. The minimum Gasteiger partial charge on any atom is -0.434 e. The van der Waals surface area contributed by atoms with Crippen molar-refractivity contribution in [1.29, 1.82) is 0 Å². The van der Waals surface area contributed by atoms with Gasteiger partial charge in [0.1, 0.15) is 12.0 Å². The molecule has 8 nitrogen and oxygen atoms in total. The number of para-hydroxylation sites is 1. The molecule has 1 aliphatic heterocycles. The highest BCUT2D eigenvalue weighted by atomic mass is 35.5. The fraction of sp³-hybridized carbons (Fsp3) is 0.250. The monoisotopic (exact) mass is 446 g/mol. The van der Waals surface area contributed by atoms with Gasteiger partial charge in [-0.15, -0.1) is 5.10 Å². The fourth-order valence-electron chi connectivity index (χ4n) is 3.64. The van der Waals surface area contributed by atoms with Gasteiger partial charge in [0.05, 0.1) is 17.1 Å². The molecule has 1 unspecified atom stereocenters. The van der Waals surface area contributed by atoms with E-state index in [9.17, 15) is 13.9 Å². The molecule has 31 heavy (non-hydrogen) atoms. The van der Waals surface area contributed by atoms with Crippen LogP contribution in [-0.4, -0.2) is 50.1 Å². The summed E-state index contributed by atoms with van der Waals surface area (Å²) in [6.07, 6.45) is -0.0314. The number of ether oxygens (including phenoxy) is 1. The second kappa shape index (κ2) is 7.88. The lowest BCUT2D eigenvalue weighted by Crippen LogP contribution is -2.35. The van der Waals surface area contributed by atoms with E-state index in [1.165, 1.54) is 16.6 Å². The molecule has 4 aromatic rings. The van der Waals surface area contributed by atoms with Gasteiger partial charge in [0.25, 0.3) is 0 Å². The Morgan fingerprint density at radius 2 is 2.06 bits per heavy atom. The third-order valence-corrected chi connectivity index (χ3v) is 5.32. The van der Waals surface area contributed by atoms with Crippen LogP contribution in [0.4, 0.5) is 14.7 Å². The Bertz CT molecular complexity index is 1270. The fourth-order valence-corrected chi connectivity index (χ4v) is 3.80. The molecular weight excluding hydrogens is 430 g/mol. The Kier molecular flexibility index (Phi) is 5.05. The van der Waals surface area contributed by atoms with E-state index < -0.39 is 12.8 Å². The molecule has 0 radical (unpaired) electrons. The van der Waals surface area contributed by atoms with Crippen LogP contribution in [0.15, 0.2) is 42.5 Å². The summed E-state index contributed by atoms with van der Waals surface area (Å²) >= 11 is 5.96. The molecule has 160 valence electrons. The molecular formula is C20H17ClF2N6O2. The summed E-state index contributed by atoms with van der Waals surface area (Å²) in [5.41, 5.74) is 1.43. The van der Waals surface area contributed by atoms with Crippen LogP contribution in [0.5, 0.6) is 5.75 Å². The molecule has 5 rings (SSSR count). The third-order valence-electron chi connectivity index (χ3n) is 5.08. The van der Waals surface area contributed by atoms with E-state index >= 15 is 0 Å². The minimum atomic E-state index is -3.02. The van der Waals surface area contributed by atoms with Gasteiger partial charge >= 0.3 is 6.61 Å². The van der Waals surface area contributed by atoms with Gasteiger partial charge in [0, 0.05) is 10.4 Å². The molecule has 0 spiro atoms. The minimum absolute atomic E-state index is 0.124. The zero-order valence-corrected chi connectivity index (χ0v) is 16.7. The van der Waals surface area contributed by atoms with Crippen molar-refractivity contribution < 1.29 is 18.6 Å². The molecule has 0 saturated carbocycles. The van der Waals surface area contributed by atoms with Gasteiger partial charge < -0.3 is 15.2 Å². The number of rotatable bonds is 5. The Morgan fingerprint density at radius 1 is 1.23 bits per heavy atom. The number of aliphatic hydroxyl groups excluding tert-OH is 1. The van der Waals surface area contributed by atoms with Crippen LogP contribution in [0.3, 0.4) is 0 Å². The lowest BCUT2D eigenvalue weighted by molar-refractivity contribution is -0.0494. The maximum atomic E-state index is 12.9. The molecule has 3 N–H and O–H groups in total. The molecule has 0 aliphatic carbocycles. The summed E-state index contributed by atoms with van der Waals surface area (Å²) in [7, 11) is 0. The first kappa shape index (κ1) is 19.9. The van der Waals surface area contributed by atoms with Crippen LogP contribution in [-0.2, 0) is 0 Å². The predicted octanol–water partition coefficient (Wildman–Crippen LogP) is 3.29. The number of halogens is 3. The zero-order chi connectivity index (χ0) is 21.5. The molecule has 2 aromatic heterocycles. The van der Waals surface area contributed by atoms with Crippen LogP contribution in [0.1, 0.15) is 6.42 Å². The highest BCUT2D eigenvalue weighted by Crippen LogP contribution is 2.33. The van der Waals surface area contributed by atoms with Crippen LogP contribution >= 0.6 is 11.6 Å². The Hall–Kier alpha value is -3.08. The molecule has 1 aliphatic rings. The number of hydrogen-bond donors (Lipinski definition) is 3. The normalized spacial score (nSPS) is 18.9. The average molecular weight is 447 g/mol. The SMILES string of the molecule is OC1NCC[C@H]1Nc1nc2ccccc2c2nc(-c3ccc(Cl)cc3OC(F)F)nn12. The number of aromatic nitrogens is 4. The lowest BCUT2D eigenvalue weighted by atomic mass is 10.2. The summed E-state index contributed by atoms with van der Waals surface area (Å²) in [6.45, 7) is -2.36. The van der Waals surface area contributed by atoms with Crippen molar-refractivity contribution in [2.24, 2.45) is 0 Å². The molecule has 1 fully saturated rings. The molecule has 3 heterocycles. The molecule has 2 aromatic carbocycles. The molecule has 0 bridgehead atoms. The Morgan fingerprint density at radius 3 is 2.84 bits per heavy atom. The average Bonchev–Trinajstić information content (AvgIpc) is 3.35. The zero-order valence-electron chi connectivity index (χ0n) is 16.0. The second-order valence-electron chi connectivity index (χ2n) is 7.08. The van der Waals surface area contributed by atoms with Gasteiger partial charge in [0.2, 0.25) is 5.95 Å². The Labute approximate surface area is 179 Å². The van der Waals surface area contributed by atoms with Crippen LogP contribution in [0.2, 0.25) is 5.02 Å². The number of benzene rings is 2. The number of nitrogens with one attached hydrogen (secondary N) is 2. The van der Waals surface area contributed by atoms with E-state index in [0.29, 0.717) is 30.1 Å². The topological polar surface area (TPSA) is 96.6 Å². The summed E-state index contributed by atoms with van der Waals surface area (Å²) in [5.74, 6) is 0.435. The number of aliphatic hydroxyl groups is 1. The highest BCUT2D eigenvalue weighted by Gasteiger charge is 2.27. The molecule has 11 heteroatoms. The van der Waals surface area contributed by atoms with Crippen molar-refractivity contribution in [2.75, 3.05) is 11.9 Å². The highest BCUT2D eigenvalue weighted by molar-refractivity contribution is 6.30. The third kappa shape index (κ3) is 3.73. The molecule has 0 amide bonds. The Balaban J connectivity index is 1.68. The first-order valence-corrected chi connectivity index (χ1v) is 9.95. The van der Waals surface area contributed by atoms with Crippen molar-refractivity contribution in [2.45, 2.75) is 25.3 Å². The van der Waals surface area contributed by atoms with Crippen molar-refractivity contribution >= 4 is 34.1 Å². The van der Waals surface area contributed by atoms with Gasteiger partial charge in [-0.05, 0) is 43.3 Å². The van der Waals surface area contributed by atoms with E-state index in [1.54, 1.807) is 6.07 Å². The van der Waals surface area contributed by atoms with Crippen LogP contribution in [0.25, 0.3) is 27.9 Å². The number of nitrogens with zero attached hydrogens (tertiary/aromatic N) is 4. The van der Waals surface area contributed by atoms with Crippen LogP contribution < -0.4 is 15.4 Å². The standard InChI is InChI=1S/C20H17ClF2N6O2/c21-10-5-6-12(15(9-10)31-19(22)23)16-27-17-11-3-1-2-4-13(11)25-20(29(17)28-16)26-14-7-8-24-18(14)30/h1-6,9,14,18-19,24,30H,7-8H2,(H,25,26)/t14-,18?/m1/s1. The first-order chi connectivity index (χ1) is 15.0. The molecule has 2 atom stereocenters. The maximum absolute atomic E-state index is 12.9. The van der Waals surface area contributed by atoms with E-state index in [1.807, 2.05) is 24.3 Å². The number of fused-ring (bicyclic) bond motifs is 3. The van der Waals surface area contributed by atoms with Crippen molar-refractivity contribution in [3.8, 4) is 17.1 Å². The smallest absolute Gasteiger partial charge is 0.387 e. The summed E-state index contributed by atoms with van der Waals surface area (Å²) in [5, 5.41) is 21.8. The van der Waals surface area contributed by atoms with E-state index in [-0.39, 0.29) is 28.2 Å². The second-order valence-corrected chi connectivity index (χ2v) is 7.52. The first-order valence-electron chi connectivity index (χ1n) is 9.58. The lowest BCUT2D eigenvalue weighted by Gasteiger charge is -2.17. The summed E-state index contributed by atoms with van der Waals surface area (Å²) in [4.78, 5) is 9.22. The van der Waals surface area contributed by atoms with Crippen molar-refractivity contribution in [3.63, 3.8) is 0 Å². The number of hydrogen-bond acceptors (Lipinski definition) is 7. The van der Waals surface area contributed by atoms with Gasteiger partial charge in [0.15, 0.2) is 11.5 Å². The number of anilines is 1. The number of alkyl halides is 2. The molecule has 1 saturated heterocycles. The van der Waals surface area contributed by atoms with Gasteiger partial charge in [-0.25, -0.2) is 9.97 Å². The predicted molar refractivity (Wildman–Crippen MR) is 111 cm³/mol. The van der Waals surface area contributed by atoms with E-state index in [4.69, 9.17) is 11.6 Å². The van der Waals surface area contributed by atoms with E-state index in [0.717, 1.165) is 5.39 Å².